The molecule has 2 aromatic rings. The molecule has 1 fully saturated rings. The van der Waals surface area contributed by atoms with E-state index in [4.69, 9.17) is 0 Å². The first-order valence-electron chi connectivity index (χ1n) is 8.69. The van der Waals surface area contributed by atoms with E-state index in [0.717, 1.165) is 38.3 Å². The van der Waals surface area contributed by atoms with Crippen LogP contribution in [0.3, 0.4) is 0 Å². The molecular weight excluding hydrogens is 352 g/mol. The zero-order valence-electron chi connectivity index (χ0n) is 15.5. The minimum absolute atomic E-state index is 0. The van der Waals surface area contributed by atoms with Crippen molar-refractivity contribution < 1.29 is 4.79 Å². The second-order valence-electron chi connectivity index (χ2n) is 6.83. The van der Waals surface area contributed by atoms with Crippen molar-refractivity contribution in [2.24, 2.45) is 7.05 Å². The first-order valence-corrected chi connectivity index (χ1v) is 8.69. The van der Waals surface area contributed by atoms with Gasteiger partial charge in [0.1, 0.15) is 0 Å². The number of hydrogen-bond acceptors (Lipinski definition) is 5. The molecule has 0 unspecified atom stereocenters. The highest BCUT2D eigenvalue weighted by Crippen LogP contribution is 2.23. The fraction of sp³-hybridized carbons (Fsp3) is 0.500. The molecule has 26 heavy (non-hydrogen) atoms. The molecule has 7 nitrogen and oxygen atoms in total. The third kappa shape index (κ3) is 5.03. The molecule has 0 saturated carbocycles. The second kappa shape index (κ2) is 9.12. The van der Waals surface area contributed by atoms with E-state index >= 15 is 0 Å². The lowest BCUT2D eigenvalue weighted by molar-refractivity contribution is 0.102. The summed E-state index contributed by atoms with van der Waals surface area (Å²) in [6, 6.07) is 7.65. The molecule has 0 spiro atoms. The lowest BCUT2D eigenvalue weighted by Gasteiger charge is -2.19. The van der Waals surface area contributed by atoms with Gasteiger partial charge in [0.15, 0.2) is 5.82 Å². The van der Waals surface area contributed by atoms with Crippen LogP contribution in [0, 0.1) is 0 Å². The predicted octanol–water partition coefficient (Wildman–Crippen LogP) is 2.02. The number of piperidine rings is 1. The number of carbonyl (C=O) groups is 1. The van der Waals surface area contributed by atoms with Gasteiger partial charge >= 0.3 is 0 Å². The molecule has 2 heterocycles. The van der Waals surface area contributed by atoms with Gasteiger partial charge in [-0.3, -0.25) is 10.1 Å². The smallest absolute Gasteiger partial charge is 0.258 e. The molecule has 0 atom stereocenters. The van der Waals surface area contributed by atoms with E-state index in [2.05, 4.69) is 25.6 Å². The van der Waals surface area contributed by atoms with Crippen LogP contribution in [-0.2, 0) is 13.6 Å². The van der Waals surface area contributed by atoms with Crippen LogP contribution in [0.5, 0.6) is 0 Å². The molecule has 142 valence electrons. The molecule has 1 amide bonds. The average molecular weight is 379 g/mol. The molecule has 2 N–H and O–H groups in total. The number of halogens is 1. The Balaban J connectivity index is 0.00000243. The Morgan fingerprint density at radius 1 is 1.27 bits per heavy atom. The zero-order valence-corrected chi connectivity index (χ0v) is 16.3. The van der Waals surface area contributed by atoms with Crippen LogP contribution in [0.1, 0.15) is 40.5 Å². The molecule has 1 aromatic carbocycles. The van der Waals surface area contributed by atoms with E-state index in [1.165, 1.54) is 5.56 Å². The Morgan fingerprint density at radius 2 is 1.92 bits per heavy atom. The average Bonchev–Trinajstić information content (AvgIpc) is 2.96. The summed E-state index contributed by atoms with van der Waals surface area (Å²) in [4.78, 5) is 19.1. The van der Waals surface area contributed by atoms with E-state index in [-0.39, 0.29) is 18.3 Å². The maximum Gasteiger partial charge on any atom is 0.258 e. The maximum absolute atomic E-state index is 12.5. The van der Waals surface area contributed by atoms with Gasteiger partial charge in [0.05, 0.1) is 0 Å². The molecule has 0 radical (unpaired) electrons. The van der Waals surface area contributed by atoms with Gasteiger partial charge in [-0.1, -0.05) is 12.1 Å². The van der Waals surface area contributed by atoms with Crippen LogP contribution >= 0.6 is 12.4 Å². The predicted molar refractivity (Wildman–Crippen MR) is 105 cm³/mol. The Hall–Kier alpha value is -1.96. The lowest BCUT2D eigenvalue weighted by Crippen LogP contribution is -2.27. The summed E-state index contributed by atoms with van der Waals surface area (Å²) >= 11 is 0. The van der Waals surface area contributed by atoms with E-state index in [0.29, 0.717) is 17.4 Å². The number of aryl methyl sites for hydroxylation is 1. The lowest BCUT2D eigenvalue weighted by atomic mass is 9.98. The van der Waals surface area contributed by atoms with Gasteiger partial charge in [-0.05, 0) is 57.7 Å². The van der Waals surface area contributed by atoms with Gasteiger partial charge < -0.3 is 10.2 Å². The van der Waals surface area contributed by atoms with Crippen molar-refractivity contribution in [1.82, 2.24) is 25.0 Å². The van der Waals surface area contributed by atoms with E-state index in [9.17, 15) is 4.79 Å². The van der Waals surface area contributed by atoms with Gasteiger partial charge in [0, 0.05) is 25.1 Å². The third-order valence-corrected chi connectivity index (χ3v) is 4.42. The summed E-state index contributed by atoms with van der Waals surface area (Å²) in [6.07, 6.45) is 2.06. The summed E-state index contributed by atoms with van der Waals surface area (Å²) in [5.41, 5.74) is 1.79. The fourth-order valence-corrected chi connectivity index (χ4v) is 3.07. The molecule has 1 aliphatic rings. The van der Waals surface area contributed by atoms with Crippen LogP contribution in [0.15, 0.2) is 24.3 Å². The second-order valence-corrected chi connectivity index (χ2v) is 6.83. The molecule has 1 saturated heterocycles. The molecule has 3 rings (SSSR count). The quantitative estimate of drug-likeness (QED) is 0.832. The van der Waals surface area contributed by atoms with Crippen LogP contribution in [0.4, 0.5) is 5.95 Å². The number of rotatable bonds is 5. The highest BCUT2D eigenvalue weighted by atomic mass is 35.5. The Bertz CT molecular complexity index is 722. The van der Waals surface area contributed by atoms with Crippen LogP contribution in [-0.4, -0.2) is 52.8 Å². The molecule has 0 bridgehead atoms. The highest BCUT2D eigenvalue weighted by Gasteiger charge is 2.21. The summed E-state index contributed by atoms with van der Waals surface area (Å²) < 4.78 is 1.65. The Morgan fingerprint density at radius 3 is 2.54 bits per heavy atom. The third-order valence-electron chi connectivity index (χ3n) is 4.42. The monoisotopic (exact) mass is 378 g/mol. The van der Waals surface area contributed by atoms with Crippen LogP contribution in [0.2, 0.25) is 0 Å². The number of hydrogen-bond donors (Lipinski definition) is 2. The molecule has 1 aromatic heterocycles. The Labute approximate surface area is 160 Å². The summed E-state index contributed by atoms with van der Waals surface area (Å²) in [5, 5.41) is 10.7. The van der Waals surface area contributed by atoms with Gasteiger partial charge in [-0.15, -0.1) is 12.4 Å². The van der Waals surface area contributed by atoms with Crippen molar-refractivity contribution in [2.45, 2.75) is 25.3 Å². The molecule has 1 aliphatic heterocycles. The number of carbonyl (C=O) groups excluding carboxylic acids is 1. The van der Waals surface area contributed by atoms with Crippen molar-refractivity contribution >= 4 is 24.3 Å². The van der Waals surface area contributed by atoms with Crippen molar-refractivity contribution in [3.8, 4) is 0 Å². The molecule has 0 aliphatic carbocycles. The Kier molecular flexibility index (Phi) is 7.14. The molecular formula is C18H27ClN6O. The first-order chi connectivity index (χ1) is 12.0. The largest absolute Gasteiger partial charge is 0.317 e. The summed E-state index contributed by atoms with van der Waals surface area (Å²) in [5.74, 6) is 1.52. The SMILES string of the molecule is CN(C)Cc1ccc(C(=O)Nc2nc(C3CCNCC3)nn2C)cc1.Cl. The number of nitrogens with zero attached hydrogens (tertiary/aromatic N) is 4. The van der Waals surface area contributed by atoms with Crippen molar-refractivity contribution in [3.05, 3.63) is 41.2 Å². The number of aromatic nitrogens is 3. The number of anilines is 1. The first kappa shape index (κ1) is 20.4. The summed E-state index contributed by atoms with van der Waals surface area (Å²) in [7, 11) is 5.86. The number of benzene rings is 1. The maximum atomic E-state index is 12.5. The van der Waals surface area contributed by atoms with E-state index in [1.54, 1.807) is 4.68 Å². The van der Waals surface area contributed by atoms with Gasteiger partial charge in [0.25, 0.3) is 5.91 Å². The van der Waals surface area contributed by atoms with Crippen LogP contribution in [0.25, 0.3) is 0 Å². The standard InChI is InChI=1S/C18H26N6O.ClH/c1-23(2)12-13-4-6-15(7-5-13)17(25)21-18-20-16(22-24(18)3)14-8-10-19-11-9-14;/h4-7,14,19H,8-12H2,1-3H3,(H,20,21,22,25);1H. The topological polar surface area (TPSA) is 75.1 Å². The van der Waals surface area contributed by atoms with Gasteiger partial charge in [0.2, 0.25) is 5.95 Å². The minimum Gasteiger partial charge on any atom is -0.317 e. The number of nitrogens with one attached hydrogen (secondary N) is 2. The minimum atomic E-state index is -0.163. The summed E-state index contributed by atoms with van der Waals surface area (Å²) in [6.45, 7) is 2.83. The normalized spacial score (nSPS) is 14.9. The number of amides is 1. The van der Waals surface area contributed by atoms with Gasteiger partial charge in [-0.2, -0.15) is 10.1 Å². The highest BCUT2D eigenvalue weighted by molar-refractivity contribution is 6.03. The van der Waals surface area contributed by atoms with E-state index in [1.807, 2.05) is 45.4 Å². The van der Waals surface area contributed by atoms with Crippen molar-refractivity contribution in [2.75, 3.05) is 32.5 Å². The zero-order chi connectivity index (χ0) is 17.8. The molecule has 8 heteroatoms. The van der Waals surface area contributed by atoms with Crippen molar-refractivity contribution in [3.63, 3.8) is 0 Å². The van der Waals surface area contributed by atoms with E-state index < -0.39 is 0 Å². The fourth-order valence-electron chi connectivity index (χ4n) is 3.07. The van der Waals surface area contributed by atoms with Crippen molar-refractivity contribution in [1.29, 1.82) is 0 Å². The van der Waals surface area contributed by atoms with Crippen LogP contribution < -0.4 is 10.6 Å². The van der Waals surface area contributed by atoms with Gasteiger partial charge in [-0.25, -0.2) is 4.68 Å².